The fourth-order valence-corrected chi connectivity index (χ4v) is 9.16. The number of nitrogens with zero attached hydrogens (tertiary/aromatic N) is 2. The number of rotatable bonds is 11. The molecule has 0 spiro atoms. The molecule has 4 amide bonds. The van der Waals surface area contributed by atoms with Gasteiger partial charge in [0.2, 0.25) is 17.7 Å². The number of fused-ring (bicyclic) bond motifs is 2. The van der Waals surface area contributed by atoms with Crippen molar-refractivity contribution in [3.05, 3.63) is 75.4 Å². The van der Waals surface area contributed by atoms with E-state index in [1.165, 1.54) is 35.6 Å². The van der Waals surface area contributed by atoms with Gasteiger partial charge < -0.3 is 31.1 Å². The minimum absolute atomic E-state index is 0.0282. The van der Waals surface area contributed by atoms with Crippen LogP contribution in [0.15, 0.2) is 60.0 Å². The van der Waals surface area contributed by atoms with Crippen molar-refractivity contribution in [2.45, 2.75) is 61.9 Å². The number of carbonyl (C=O) groups excluding carboxylic acids is 4. The van der Waals surface area contributed by atoms with Crippen LogP contribution < -0.4 is 21.7 Å². The molecule has 0 radical (unpaired) electrons. The first-order valence-corrected chi connectivity index (χ1v) is 20.9. The number of benzene rings is 2. The number of hydrogen-bond donors (Lipinski definition) is 4. The van der Waals surface area contributed by atoms with Crippen LogP contribution in [-0.2, 0) is 24.6 Å². The predicted octanol–water partition coefficient (Wildman–Crippen LogP) is 5.27. The predicted molar refractivity (Wildman–Crippen MR) is 194 cm³/mol. The summed E-state index contributed by atoms with van der Waals surface area (Å²) in [5.41, 5.74) is 3.21. The van der Waals surface area contributed by atoms with Crippen molar-refractivity contribution in [3.8, 4) is 11.3 Å². The minimum atomic E-state index is -3.79. The third-order valence-electron chi connectivity index (χ3n) is 9.32. The average Bonchev–Trinajstić information content (AvgIpc) is 3.85. The summed E-state index contributed by atoms with van der Waals surface area (Å²) in [6, 6.07) is 12.4. The summed E-state index contributed by atoms with van der Waals surface area (Å²) in [6.45, 7) is 2.77. The Balaban J connectivity index is 1.19. The number of amides is 4. The van der Waals surface area contributed by atoms with Crippen LogP contribution in [0.5, 0.6) is 0 Å². The molecule has 11 nitrogen and oxygen atoms in total. The first kappa shape index (κ1) is 36.7. The van der Waals surface area contributed by atoms with Gasteiger partial charge in [-0.25, -0.2) is 4.98 Å². The lowest BCUT2D eigenvalue weighted by molar-refractivity contribution is -0.142. The van der Waals surface area contributed by atoms with E-state index in [1.54, 1.807) is 4.90 Å². The topological polar surface area (TPSA) is 164 Å². The SMILES string of the molecule is CP(C)(=O)C(F)(F)c1ccc2sc(C(=O)N[C@H]3CNCC[C@H]4CC[C@@H](C(=O)N[C@@H](CCC(N)=O)c5nc(-c6ccccc6)cs5)N4C3=O)cc2c1. The van der Waals surface area contributed by atoms with E-state index in [0.717, 1.165) is 35.9 Å². The lowest BCUT2D eigenvalue weighted by Crippen LogP contribution is -2.60. The van der Waals surface area contributed by atoms with Crippen LogP contribution in [0.1, 0.15) is 58.4 Å². The van der Waals surface area contributed by atoms with E-state index in [0.29, 0.717) is 40.9 Å². The molecule has 2 saturated heterocycles. The zero-order chi connectivity index (χ0) is 36.5. The van der Waals surface area contributed by atoms with Crippen molar-refractivity contribution in [3.63, 3.8) is 0 Å². The fourth-order valence-electron chi connectivity index (χ4n) is 6.54. The summed E-state index contributed by atoms with van der Waals surface area (Å²) < 4.78 is 42.5. The molecular weight excluding hydrogens is 718 g/mol. The number of nitrogens with two attached hydrogens (primary N) is 1. The summed E-state index contributed by atoms with van der Waals surface area (Å²) >= 11 is 2.46. The molecule has 4 heterocycles. The molecule has 2 fully saturated rings. The Labute approximate surface area is 301 Å². The molecule has 0 unspecified atom stereocenters. The van der Waals surface area contributed by atoms with E-state index in [-0.39, 0.29) is 41.8 Å². The van der Waals surface area contributed by atoms with Crippen molar-refractivity contribution in [2.24, 2.45) is 5.73 Å². The fraction of sp³-hybridized carbons (Fsp3) is 0.400. The number of halogens is 2. The molecular formula is C35H39F2N6O5PS2. The number of thiophene rings is 1. The van der Waals surface area contributed by atoms with E-state index >= 15 is 0 Å². The van der Waals surface area contributed by atoms with Gasteiger partial charge in [0, 0.05) is 40.2 Å². The number of thiazole rings is 1. The van der Waals surface area contributed by atoms with Crippen molar-refractivity contribution in [2.75, 3.05) is 26.4 Å². The molecule has 4 atom stereocenters. The van der Waals surface area contributed by atoms with E-state index < -0.39 is 48.7 Å². The Hall–Kier alpha value is -4.04. The standard InChI is InChI=1S/C35H39F2N6O5PS2/c1-49(2,48)35(36,37)22-8-12-28-21(16-22)17-29(51-28)32(46)41-25-18-39-15-14-23-9-11-27(43(23)34(25)47)31(45)40-24(10-13-30(38)44)33-42-26(19-50-33)20-6-4-3-5-7-20/h3-8,12,16-17,19,23-25,27,39H,9-11,13-15,18H2,1-2H3,(H2,38,44)(H,40,45)(H,41,46)/t23-,24+,25+,27+/m1/s1. The molecule has 16 heteroatoms. The van der Waals surface area contributed by atoms with Crippen molar-refractivity contribution in [1.29, 1.82) is 0 Å². The van der Waals surface area contributed by atoms with Gasteiger partial charge in [-0.1, -0.05) is 36.4 Å². The molecule has 270 valence electrons. The number of nitrogens with one attached hydrogen (secondary N) is 3. The van der Waals surface area contributed by atoms with Crippen molar-refractivity contribution in [1.82, 2.24) is 25.8 Å². The zero-order valence-corrected chi connectivity index (χ0v) is 30.6. The van der Waals surface area contributed by atoms with Crippen molar-refractivity contribution < 1.29 is 32.5 Å². The molecule has 2 aromatic heterocycles. The summed E-state index contributed by atoms with van der Waals surface area (Å²) in [5.74, 6) is -1.85. The highest BCUT2D eigenvalue weighted by Gasteiger charge is 2.46. The van der Waals surface area contributed by atoms with E-state index in [9.17, 15) is 32.5 Å². The highest BCUT2D eigenvalue weighted by atomic mass is 32.1. The highest BCUT2D eigenvalue weighted by Crippen LogP contribution is 2.60. The Morgan fingerprint density at radius 3 is 2.61 bits per heavy atom. The van der Waals surface area contributed by atoms with Gasteiger partial charge >= 0.3 is 5.66 Å². The van der Waals surface area contributed by atoms with Crippen LogP contribution in [0.4, 0.5) is 8.78 Å². The molecule has 0 aliphatic carbocycles. The lowest BCUT2D eigenvalue weighted by atomic mass is 10.1. The summed E-state index contributed by atoms with van der Waals surface area (Å²) in [5, 5.41) is 12.0. The van der Waals surface area contributed by atoms with E-state index in [4.69, 9.17) is 10.7 Å². The number of hydrogen-bond acceptors (Lipinski definition) is 9. The molecule has 2 aromatic carbocycles. The van der Waals surface area contributed by atoms with Gasteiger partial charge in [-0.2, -0.15) is 8.78 Å². The maximum Gasteiger partial charge on any atom is 0.322 e. The largest absolute Gasteiger partial charge is 0.370 e. The number of carbonyl (C=O) groups is 4. The van der Waals surface area contributed by atoms with Crippen LogP contribution in [-0.4, -0.2) is 78.1 Å². The third-order valence-corrected chi connectivity index (χ3v) is 13.0. The molecule has 2 aliphatic heterocycles. The summed E-state index contributed by atoms with van der Waals surface area (Å²) in [6.07, 6.45) is 1.91. The van der Waals surface area contributed by atoms with Crippen LogP contribution in [0.25, 0.3) is 21.3 Å². The smallest absolute Gasteiger partial charge is 0.322 e. The average molecular weight is 757 g/mol. The maximum atomic E-state index is 14.8. The number of aromatic nitrogens is 1. The van der Waals surface area contributed by atoms with Crippen LogP contribution >= 0.6 is 29.8 Å². The monoisotopic (exact) mass is 756 g/mol. The zero-order valence-electron chi connectivity index (χ0n) is 28.1. The van der Waals surface area contributed by atoms with E-state index in [1.807, 2.05) is 35.7 Å². The second-order valence-electron chi connectivity index (χ2n) is 13.3. The quantitative estimate of drug-likeness (QED) is 0.152. The molecule has 5 N–H and O–H groups in total. The van der Waals surface area contributed by atoms with E-state index in [2.05, 4.69) is 16.0 Å². The van der Waals surface area contributed by atoms with Gasteiger partial charge in [0.25, 0.3) is 5.91 Å². The first-order valence-electron chi connectivity index (χ1n) is 16.6. The summed E-state index contributed by atoms with van der Waals surface area (Å²) in [4.78, 5) is 59.8. The van der Waals surface area contributed by atoms with Gasteiger partial charge in [-0.05, 0) is 69.1 Å². The van der Waals surface area contributed by atoms with Gasteiger partial charge in [-0.15, -0.1) is 22.7 Å². The van der Waals surface area contributed by atoms with Crippen LogP contribution in [0.2, 0.25) is 0 Å². The Bertz CT molecular complexity index is 2000. The minimum Gasteiger partial charge on any atom is -0.370 e. The summed E-state index contributed by atoms with van der Waals surface area (Å²) in [7, 11) is -3.79. The van der Waals surface area contributed by atoms with Gasteiger partial charge in [0.05, 0.1) is 16.6 Å². The number of primary amides is 1. The molecule has 0 bridgehead atoms. The molecule has 51 heavy (non-hydrogen) atoms. The van der Waals surface area contributed by atoms with Gasteiger partial charge in [0.15, 0.2) is 7.14 Å². The first-order chi connectivity index (χ1) is 24.2. The molecule has 2 aliphatic rings. The van der Waals surface area contributed by atoms with Gasteiger partial charge in [-0.3, -0.25) is 19.2 Å². The second kappa shape index (κ2) is 14.9. The molecule has 4 aromatic rings. The molecule has 0 saturated carbocycles. The second-order valence-corrected chi connectivity index (χ2v) is 18.5. The third kappa shape index (κ3) is 7.91. The lowest BCUT2D eigenvalue weighted by Gasteiger charge is -2.35. The van der Waals surface area contributed by atoms with Crippen LogP contribution in [0.3, 0.4) is 0 Å². The van der Waals surface area contributed by atoms with Crippen molar-refractivity contribution >= 4 is 63.5 Å². The number of alkyl halides is 2. The Morgan fingerprint density at radius 2 is 1.88 bits per heavy atom. The normalized spacial score (nSPS) is 20.4. The molecule has 6 rings (SSSR count). The Kier molecular flexibility index (Phi) is 10.7. The Morgan fingerprint density at radius 1 is 1.12 bits per heavy atom. The highest BCUT2D eigenvalue weighted by molar-refractivity contribution is 7.63. The van der Waals surface area contributed by atoms with Crippen LogP contribution in [0, 0.1) is 0 Å². The maximum absolute atomic E-state index is 14.8. The van der Waals surface area contributed by atoms with Gasteiger partial charge in [0.1, 0.15) is 17.1 Å².